The van der Waals surface area contributed by atoms with Crippen molar-refractivity contribution < 1.29 is 0 Å². The summed E-state index contributed by atoms with van der Waals surface area (Å²) in [6.45, 7) is 0. The lowest BCUT2D eigenvalue weighted by molar-refractivity contribution is 0.488. The van der Waals surface area contributed by atoms with Crippen LogP contribution in [0.25, 0.3) is 6.08 Å². The molecule has 3 aromatic rings. The number of benzene rings is 3. The third-order valence-corrected chi connectivity index (χ3v) is 7.00. The maximum absolute atomic E-state index is 5.22. The van der Waals surface area contributed by atoms with Gasteiger partial charge < -0.3 is 0 Å². The molecule has 2 aliphatic rings. The van der Waals surface area contributed by atoms with Crippen molar-refractivity contribution >= 4 is 49.3 Å². The van der Waals surface area contributed by atoms with Gasteiger partial charge in [0.05, 0.1) is 17.4 Å². The molecule has 0 amide bonds. The summed E-state index contributed by atoms with van der Waals surface area (Å²) in [4.78, 5) is 0. The van der Waals surface area contributed by atoms with Gasteiger partial charge in [-0.05, 0) is 78.4 Å². The molecular formula is C26H22Br2N2. The number of hydrazone groups is 1. The number of hydrogen-bond acceptors (Lipinski definition) is 2. The van der Waals surface area contributed by atoms with Crippen LogP contribution in [0.4, 0.5) is 5.69 Å². The Bertz CT molecular complexity index is 1090. The van der Waals surface area contributed by atoms with Crippen molar-refractivity contribution in [2.75, 3.05) is 5.01 Å². The molecular weight excluding hydrogens is 500 g/mol. The molecule has 1 saturated carbocycles. The lowest BCUT2D eigenvalue weighted by atomic mass is 9.77. The summed E-state index contributed by atoms with van der Waals surface area (Å²) in [5.41, 5.74) is 6.32. The van der Waals surface area contributed by atoms with Crippen LogP contribution in [-0.2, 0) is 0 Å². The summed E-state index contributed by atoms with van der Waals surface area (Å²) >= 11 is 7.11. The molecule has 4 heteroatoms. The predicted molar refractivity (Wildman–Crippen MR) is 133 cm³/mol. The van der Waals surface area contributed by atoms with E-state index < -0.39 is 0 Å². The van der Waals surface area contributed by atoms with Crippen molar-refractivity contribution in [1.29, 1.82) is 0 Å². The van der Waals surface area contributed by atoms with Crippen LogP contribution >= 0.6 is 31.9 Å². The zero-order valence-electron chi connectivity index (χ0n) is 16.5. The Balaban J connectivity index is 1.58. The van der Waals surface area contributed by atoms with Gasteiger partial charge in [0.2, 0.25) is 0 Å². The number of anilines is 1. The van der Waals surface area contributed by atoms with E-state index in [1.54, 1.807) is 0 Å². The van der Waals surface area contributed by atoms with E-state index in [1.165, 1.54) is 35.3 Å². The molecule has 5 rings (SSSR count). The van der Waals surface area contributed by atoms with E-state index in [4.69, 9.17) is 5.10 Å². The minimum atomic E-state index is 0.226. The third kappa shape index (κ3) is 3.91. The fraction of sp³-hybridized carbons (Fsp3) is 0.192. The standard InChI is InChI=1S/C26H22Br2N2/c27-21-13-9-18(10-14-21)17-20-5-4-8-24-25(20)29-30(23-6-2-1-3-7-23)26(24)19-11-15-22(28)16-12-19/h1-3,6-7,9-17,24,26H,4-5,8H2/b20-17+/t24-,26-/m1/s1. The highest BCUT2D eigenvalue weighted by Crippen LogP contribution is 2.46. The Morgan fingerprint density at radius 1 is 0.833 bits per heavy atom. The maximum atomic E-state index is 5.22. The molecule has 0 unspecified atom stereocenters. The monoisotopic (exact) mass is 520 g/mol. The van der Waals surface area contributed by atoms with Crippen LogP contribution < -0.4 is 5.01 Å². The zero-order valence-corrected chi connectivity index (χ0v) is 19.7. The number of fused-ring (bicyclic) bond motifs is 1. The summed E-state index contributed by atoms with van der Waals surface area (Å²) in [6, 6.07) is 28.1. The first-order chi connectivity index (χ1) is 14.7. The van der Waals surface area contributed by atoms with E-state index in [-0.39, 0.29) is 6.04 Å². The molecule has 1 fully saturated rings. The Labute approximate surface area is 194 Å². The topological polar surface area (TPSA) is 15.6 Å². The second kappa shape index (κ2) is 8.52. The average Bonchev–Trinajstić information content (AvgIpc) is 3.17. The lowest BCUT2D eigenvalue weighted by Gasteiger charge is -2.30. The Morgan fingerprint density at radius 2 is 1.50 bits per heavy atom. The highest BCUT2D eigenvalue weighted by atomic mass is 79.9. The van der Waals surface area contributed by atoms with Crippen molar-refractivity contribution in [2.45, 2.75) is 25.3 Å². The van der Waals surface area contributed by atoms with E-state index in [0.717, 1.165) is 21.1 Å². The van der Waals surface area contributed by atoms with Gasteiger partial charge in [-0.25, -0.2) is 0 Å². The van der Waals surface area contributed by atoms with Crippen LogP contribution in [0.15, 0.2) is 98.5 Å². The number of nitrogens with zero attached hydrogens (tertiary/aromatic N) is 2. The van der Waals surface area contributed by atoms with Gasteiger partial charge in [-0.3, -0.25) is 5.01 Å². The number of para-hydroxylation sites is 1. The molecule has 0 spiro atoms. The van der Waals surface area contributed by atoms with E-state index in [1.807, 2.05) is 0 Å². The van der Waals surface area contributed by atoms with Gasteiger partial charge in [-0.1, -0.05) is 74.3 Å². The van der Waals surface area contributed by atoms with Crippen LogP contribution in [0.1, 0.15) is 36.4 Å². The third-order valence-electron chi connectivity index (χ3n) is 5.94. The first kappa shape index (κ1) is 19.8. The van der Waals surface area contributed by atoms with E-state index in [0.29, 0.717) is 5.92 Å². The maximum Gasteiger partial charge on any atom is 0.0859 e. The molecule has 0 radical (unpaired) electrons. The number of allylic oxidation sites excluding steroid dienone is 1. The SMILES string of the molecule is Brc1ccc(/C=C2\CCC[C@@H]3C2=NN(c2ccccc2)[C@@H]3c2ccc(Br)cc2)cc1. The average molecular weight is 522 g/mol. The quantitative estimate of drug-likeness (QED) is 0.340. The van der Waals surface area contributed by atoms with Gasteiger partial charge in [0.25, 0.3) is 0 Å². The van der Waals surface area contributed by atoms with Gasteiger partial charge >= 0.3 is 0 Å². The van der Waals surface area contributed by atoms with Crippen LogP contribution in [0, 0.1) is 5.92 Å². The van der Waals surface area contributed by atoms with Gasteiger partial charge in [-0.2, -0.15) is 5.10 Å². The molecule has 2 nitrogen and oxygen atoms in total. The summed E-state index contributed by atoms with van der Waals surface area (Å²) in [5, 5.41) is 7.46. The van der Waals surface area contributed by atoms with Crippen molar-refractivity contribution in [3.63, 3.8) is 0 Å². The fourth-order valence-electron chi connectivity index (χ4n) is 4.55. The van der Waals surface area contributed by atoms with Crippen molar-refractivity contribution in [2.24, 2.45) is 11.0 Å². The highest BCUT2D eigenvalue weighted by molar-refractivity contribution is 9.10. The van der Waals surface area contributed by atoms with Crippen molar-refractivity contribution in [1.82, 2.24) is 0 Å². The van der Waals surface area contributed by atoms with Crippen LogP contribution in [0.5, 0.6) is 0 Å². The summed E-state index contributed by atoms with van der Waals surface area (Å²) in [7, 11) is 0. The molecule has 0 aromatic heterocycles. The molecule has 0 N–H and O–H groups in total. The van der Waals surface area contributed by atoms with E-state index in [9.17, 15) is 0 Å². The Hall–Kier alpha value is -2.17. The molecule has 150 valence electrons. The van der Waals surface area contributed by atoms with Crippen molar-refractivity contribution in [3.8, 4) is 0 Å². The van der Waals surface area contributed by atoms with Gasteiger partial charge in [0.1, 0.15) is 0 Å². The highest BCUT2D eigenvalue weighted by Gasteiger charge is 2.41. The summed E-state index contributed by atoms with van der Waals surface area (Å²) in [5.74, 6) is 0.404. The second-order valence-corrected chi connectivity index (χ2v) is 9.71. The Kier molecular flexibility index (Phi) is 5.62. The number of rotatable bonds is 3. The minimum absolute atomic E-state index is 0.226. The minimum Gasteiger partial charge on any atom is -0.257 e. The largest absolute Gasteiger partial charge is 0.257 e. The molecule has 30 heavy (non-hydrogen) atoms. The molecule has 1 aliphatic carbocycles. The van der Waals surface area contributed by atoms with E-state index >= 15 is 0 Å². The van der Waals surface area contributed by atoms with Gasteiger partial charge in [0.15, 0.2) is 0 Å². The van der Waals surface area contributed by atoms with Gasteiger partial charge in [0, 0.05) is 14.9 Å². The fourth-order valence-corrected chi connectivity index (χ4v) is 5.08. The smallest absolute Gasteiger partial charge is 0.0859 e. The predicted octanol–water partition coefficient (Wildman–Crippen LogP) is 8.01. The molecule has 1 aliphatic heterocycles. The first-order valence-corrected chi connectivity index (χ1v) is 11.9. The second-order valence-electron chi connectivity index (χ2n) is 7.88. The Morgan fingerprint density at radius 3 is 2.20 bits per heavy atom. The lowest BCUT2D eigenvalue weighted by Crippen LogP contribution is -2.28. The molecule has 3 aromatic carbocycles. The number of hydrogen-bond donors (Lipinski definition) is 0. The number of halogens is 2. The summed E-state index contributed by atoms with van der Waals surface area (Å²) < 4.78 is 2.21. The molecule has 0 saturated heterocycles. The molecule has 1 heterocycles. The van der Waals surface area contributed by atoms with Crippen LogP contribution in [-0.4, -0.2) is 5.71 Å². The normalized spacial score (nSPS) is 22.1. The summed E-state index contributed by atoms with van der Waals surface area (Å²) in [6.07, 6.45) is 5.77. The molecule has 2 atom stereocenters. The van der Waals surface area contributed by atoms with Crippen LogP contribution in [0.3, 0.4) is 0 Å². The zero-order chi connectivity index (χ0) is 20.5. The van der Waals surface area contributed by atoms with E-state index in [2.05, 4.69) is 122 Å². The van der Waals surface area contributed by atoms with Crippen molar-refractivity contribution in [3.05, 3.63) is 105 Å². The first-order valence-electron chi connectivity index (χ1n) is 10.3. The van der Waals surface area contributed by atoms with Gasteiger partial charge in [-0.15, -0.1) is 0 Å². The molecule has 0 bridgehead atoms. The van der Waals surface area contributed by atoms with Crippen LogP contribution in [0.2, 0.25) is 0 Å².